The Morgan fingerprint density at radius 2 is 0.643 bits per heavy atom. The second-order valence-corrected chi connectivity index (χ2v) is 3.17. The first-order valence-electron chi connectivity index (χ1n) is 2.74. The number of hydrogen-bond donors (Lipinski definition) is 0. The summed E-state index contributed by atoms with van der Waals surface area (Å²) in [4.78, 5) is 0. The summed E-state index contributed by atoms with van der Waals surface area (Å²) < 4.78 is 105. The van der Waals surface area contributed by atoms with Crippen molar-refractivity contribution in [3.8, 4) is 0 Å². The van der Waals surface area contributed by atoms with Crippen LogP contribution in [-0.4, -0.2) is 23.7 Å². The van der Waals surface area contributed by atoms with Crippen molar-refractivity contribution in [2.24, 2.45) is 0 Å². The average Bonchev–Trinajstić information content (AvgIpc) is 1.77. The Morgan fingerprint density at radius 3 is 0.643 bits per heavy atom. The molecule has 0 spiro atoms. The lowest BCUT2D eigenvalue weighted by Gasteiger charge is -2.34. The summed E-state index contributed by atoms with van der Waals surface area (Å²) in [5, 5.41) is -5.77. The monoisotopic (exact) mass is 252 g/mol. The molecule has 0 aromatic heterocycles. The van der Waals surface area contributed by atoms with Crippen LogP contribution in [0.2, 0.25) is 0 Å². The van der Waals surface area contributed by atoms with Gasteiger partial charge in [-0.05, 0) is 0 Å². The van der Waals surface area contributed by atoms with Gasteiger partial charge in [0.25, 0.3) is 5.16 Å². The van der Waals surface area contributed by atoms with E-state index in [0.29, 0.717) is 0 Å². The highest BCUT2D eigenvalue weighted by Crippen LogP contribution is 2.57. The van der Waals surface area contributed by atoms with Crippen LogP contribution in [0.25, 0.3) is 0 Å². The zero-order valence-corrected chi connectivity index (χ0v) is 7.13. The molecule has 0 nitrogen and oxygen atoms in total. The van der Waals surface area contributed by atoms with E-state index in [-0.39, 0.29) is 9.24 Å². The van der Waals surface area contributed by atoms with Crippen LogP contribution in [0.4, 0.5) is 39.5 Å². The van der Waals surface area contributed by atoms with Crippen LogP contribution in [0.3, 0.4) is 0 Å². The van der Waals surface area contributed by atoms with Crippen molar-refractivity contribution in [2.75, 3.05) is 0 Å². The lowest BCUT2D eigenvalue weighted by Crippen LogP contribution is -2.61. The smallest absolute Gasteiger partial charge is 0.169 e. The van der Waals surface area contributed by atoms with Gasteiger partial charge in [0.2, 0.25) is 0 Å². The van der Waals surface area contributed by atoms with Gasteiger partial charge in [-0.1, -0.05) is 0 Å². The topological polar surface area (TPSA) is 0 Å². The SMILES string of the molecule is FC(F)(F)C(P)(C(F)(F)F)C(F)(F)F. The van der Waals surface area contributed by atoms with Gasteiger partial charge in [0, 0.05) is 0 Å². The van der Waals surface area contributed by atoms with Crippen molar-refractivity contribution in [1.82, 2.24) is 0 Å². The Morgan fingerprint density at radius 1 is 0.500 bits per heavy atom. The third kappa shape index (κ3) is 1.92. The molecule has 0 fully saturated rings. The van der Waals surface area contributed by atoms with E-state index in [9.17, 15) is 39.5 Å². The fourth-order valence-corrected chi connectivity index (χ4v) is 0.482. The second kappa shape index (κ2) is 3.15. The van der Waals surface area contributed by atoms with Gasteiger partial charge < -0.3 is 0 Å². The Balaban J connectivity index is 5.54. The molecule has 0 aromatic rings. The number of rotatable bonds is 0. The van der Waals surface area contributed by atoms with E-state index < -0.39 is 23.7 Å². The molecule has 0 amide bonds. The Hall–Kier alpha value is -0.200. The molecule has 0 radical (unpaired) electrons. The van der Waals surface area contributed by atoms with Gasteiger partial charge in [-0.15, -0.1) is 9.24 Å². The molecule has 0 aliphatic heterocycles. The van der Waals surface area contributed by atoms with Crippen molar-refractivity contribution in [3.05, 3.63) is 0 Å². The summed E-state index contributed by atoms with van der Waals surface area (Å²) in [6.07, 6.45) is -19.4. The molecule has 86 valence electrons. The van der Waals surface area contributed by atoms with Crippen LogP contribution in [0.5, 0.6) is 0 Å². The first-order chi connectivity index (χ1) is 5.75. The van der Waals surface area contributed by atoms with Gasteiger partial charge in [-0.3, -0.25) is 0 Å². The zero-order chi connectivity index (χ0) is 12.0. The van der Waals surface area contributed by atoms with E-state index in [4.69, 9.17) is 0 Å². The zero-order valence-electron chi connectivity index (χ0n) is 5.98. The normalized spacial score (nSPS) is 15.9. The highest BCUT2D eigenvalue weighted by Gasteiger charge is 2.80. The molecule has 0 rings (SSSR count). The molecule has 0 saturated heterocycles. The van der Waals surface area contributed by atoms with Gasteiger partial charge >= 0.3 is 18.5 Å². The van der Waals surface area contributed by atoms with Crippen molar-refractivity contribution in [2.45, 2.75) is 23.7 Å². The maximum atomic E-state index is 11.6. The van der Waals surface area contributed by atoms with E-state index in [1.54, 1.807) is 0 Å². The third-order valence-electron chi connectivity index (χ3n) is 1.34. The van der Waals surface area contributed by atoms with Crippen LogP contribution >= 0.6 is 9.24 Å². The van der Waals surface area contributed by atoms with Crippen molar-refractivity contribution >= 4 is 9.24 Å². The number of halogens is 9. The summed E-state index contributed by atoms with van der Waals surface area (Å²) in [6.45, 7) is 0. The molecule has 0 N–H and O–H groups in total. The predicted octanol–water partition coefficient (Wildman–Crippen LogP) is 3.29. The van der Waals surface area contributed by atoms with E-state index in [2.05, 4.69) is 0 Å². The molecule has 0 saturated carbocycles. The fourth-order valence-electron chi connectivity index (χ4n) is 0.482. The molecule has 0 heterocycles. The van der Waals surface area contributed by atoms with Crippen LogP contribution < -0.4 is 0 Å². The quantitative estimate of drug-likeness (QED) is 0.458. The minimum absolute atomic E-state index is 0.222. The Labute approximate surface area is 73.7 Å². The number of alkyl halides is 9. The van der Waals surface area contributed by atoms with Gasteiger partial charge in [0.15, 0.2) is 0 Å². The summed E-state index contributed by atoms with van der Waals surface area (Å²) >= 11 is 0. The van der Waals surface area contributed by atoms with Crippen molar-refractivity contribution in [1.29, 1.82) is 0 Å². The second-order valence-electron chi connectivity index (χ2n) is 2.30. The molecule has 1 atom stereocenters. The van der Waals surface area contributed by atoms with Crippen molar-refractivity contribution in [3.63, 3.8) is 0 Å². The molecular weight excluding hydrogens is 250 g/mol. The lowest BCUT2D eigenvalue weighted by atomic mass is 10.1. The molecule has 0 bridgehead atoms. The van der Waals surface area contributed by atoms with E-state index in [0.717, 1.165) is 0 Å². The molecule has 0 aliphatic rings. The van der Waals surface area contributed by atoms with Crippen molar-refractivity contribution < 1.29 is 39.5 Å². The fraction of sp³-hybridized carbons (Fsp3) is 1.00. The minimum Gasteiger partial charge on any atom is -0.169 e. The summed E-state index contributed by atoms with van der Waals surface area (Å²) in [5.74, 6) is 0. The molecule has 0 aromatic carbocycles. The minimum atomic E-state index is -6.46. The average molecular weight is 252 g/mol. The largest absolute Gasteiger partial charge is 0.415 e. The van der Waals surface area contributed by atoms with E-state index >= 15 is 0 Å². The highest BCUT2D eigenvalue weighted by atomic mass is 31.0. The van der Waals surface area contributed by atoms with Gasteiger partial charge in [0.1, 0.15) is 0 Å². The Kier molecular flexibility index (Phi) is 3.10. The third-order valence-corrected chi connectivity index (χ3v) is 2.32. The Bertz CT molecular complexity index is 170. The van der Waals surface area contributed by atoms with Crippen LogP contribution in [0.1, 0.15) is 0 Å². The first-order valence-corrected chi connectivity index (χ1v) is 3.32. The van der Waals surface area contributed by atoms with Gasteiger partial charge in [-0.25, -0.2) is 0 Å². The standard InChI is InChI=1S/C4H2F9P/c5-2(6,7)1(14,3(8,9)10)4(11,12)13/h14H2. The molecule has 10 heteroatoms. The molecule has 1 unspecified atom stereocenters. The molecular formula is C4H2F9P. The van der Waals surface area contributed by atoms with Crippen LogP contribution in [-0.2, 0) is 0 Å². The van der Waals surface area contributed by atoms with Crippen LogP contribution in [0, 0.1) is 0 Å². The first kappa shape index (κ1) is 13.8. The molecule has 0 aliphatic carbocycles. The van der Waals surface area contributed by atoms with Gasteiger partial charge in [0.05, 0.1) is 0 Å². The molecule has 14 heavy (non-hydrogen) atoms. The number of hydrogen-bond acceptors (Lipinski definition) is 0. The lowest BCUT2D eigenvalue weighted by molar-refractivity contribution is -0.345. The maximum Gasteiger partial charge on any atom is 0.415 e. The summed E-state index contributed by atoms with van der Waals surface area (Å²) in [6, 6.07) is 0. The summed E-state index contributed by atoms with van der Waals surface area (Å²) in [7, 11) is -0.222. The van der Waals surface area contributed by atoms with E-state index in [1.807, 2.05) is 0 Å². The predicted molar refractivity (Wildman–Crippen MR) is 30.6 cm³/mol. The highest BCUT2D eigenvalue weighted by molar-refractivity contribution is 7.19. The van der Waals surface area contributed by atoms with E-state index in [1.165, 1.54) is 0 Å². The van der Waals surface area contributed by atoms with Gasteiger partial charge in [-0.2, -0.15) is 39.5 Å². The van der Waals surface area contributed by atoms with Crippen LogP contribution in [0.15, 0.2) is 0 Å². The maximum absolute atomic E-state index is 11.6. The summed E-state index contributed by atoms with van der Waals surface area (Å²) in [5.41, 5.74) is 0.